The molecule has 2 nitrogen and oxygen atoms in total. The van der Waals surface area contributed by atoms with Crippen LogP contribution in [0.4, 0.5) is 8.78 Å². The largest absolute Gasteiger partial charge is 0.338 e. The monoisotopic (exact) mass is 349 g/mol. The molecule has 1 amide bonds. The van der Waals surface area contributed by atoms with E-state index in [0.717, 1.165) is 37.0 Å². The van der Waals surface area contributed by atoms with E-state index in [0.29, 0.717) is 18.1 Å². The van der Waals surface area contributed by atoms with Crippen LogP contribution >= 0.6 is 11.6 Å². The lowest BCUT2D eigenvalue weighted by Crippen LogP contribution is -2.35. The van der Waals surface area contributed by atoms with E-state index in [9.17, 15) is 13.6 Å². The van der Waals surface area contributed by atoms with E-state index in [1.165, 1.54) is 6.07 Å². The molecule has 0 radical (unpaired) electrons. The average molecular weight is 350 g/mol. The number of halogens is 3. The number of carbonyl (C=O) groups is 1. The Labute approximate surface area is 145 Å². The summed E-state index contributed by atoms with van der Waals surface area (Å²) in [4.78, 5) is 14.2. The van der Waals surface area contributed by atoms with Crippen LogP contribution in [0.5, 0.6) is 0 Å². The standard InChI is InChI=1S/C19H18ClF2NO/c20-15-9-7-13(8-10-15)14-4-1-2-11-23(12-14)19(24)18-16(21)5-3-6-17(18)22/h3,5-10,14H,1-2,4,11-12H2. The first-order valence-corrected chi connectivity index (χ1v) is 8.43. The van der Waals surface area contributed by atoms with Crippen LogP contribution in [0.2, 0.25) is 5.02 Å². The van der Waals surface area contributed by atoms with Crippen LogP contribution in [0, 0.1) is 11.6 Å². The fourth-order valence-corrected chi connectivity index (χ4v) is 3.32. The van der Waals surface area contributed by atoms with E-state index in [4.69, 9.17) is 11.6 Å². The zero-order valence-electron chi connectivity index (χ0n) is 13.1. The third-order valence-electron chi connectivity index (χ3n) is 4.48. The Kier molecular flexibility index (Phi) is 5.14. The highest BCUT2D eigenvalue weighted by molar-refractivity contribution is 6.30. The van der Waals surface area contributed by atoms with Gasteiger partial charge in [-0.05, 0) is 42.7 Å². The Bertz CT molecular complexity index is 712. The molecular formula is C19H18ClF2NO. The number of amides is 1. The van der Waals surface area contributed by atoms with Crippen molar-refractivity contribution in [2.75, 3.05) is 13.1 Å². The highest BCUT2D eigenvalue weighted by Crippen LogP contribution is 2.28. The Hall–Kier alpha value is -1.94. The minimum atomic E-state index is -0.813. The minimum absolute atomic E-state index is 0.142. The third kappa shape index (κ3) is 3.59. The van der Waals surface area contributed by atoms with Gasteiger partial charge in [0.25, 0.3) is 5.91 Å². The van der Waals surface area contributed by atoms with E-state index >= 15 is 0 Å². The van der Waals surface area contributed by atoms with Crippen LogP contribution in [0.3, 0.4) is 0 Å². The van der Waals surface area contributed by atoms with Crippen LogP contribution in [-0.4, -0.2) is 23.9 Å². The molecule has 3 rings (SSSR count). The van der Waals surface area contributed by atoms with Gasteiger partial charge < -0.3 is 4.90 Å². The Morgan fingerprint density at radius 3 is 2.38 bits per heavy atom. The molecule has 2 aromatic rings. The Morgan fingerprint density at radius 1 is 1.04 bits per heavy atom. The van der Waals surface area contributed by atoms with E-state index < -0.39 is 23.1 Å². The number of rotatable bonds is 2. The summed E-state index contributed by atoms with van der Waals surface area (Å²) in [6.07, 6.45) is 2.73. The van der Waals surface area contributed by atoms with Crippen molar-refractivity contribution in [3.8, 4) is 0 Å². The second-order valence-electron chi connectivity index (χ2n) is 6.09. The summed E-state index contributed by atoms with van der Waals surface area (Å²) < 4.78 is 27.8. The van der Waals surface area contributed by atoms with Gasteiger partial charge in [0.05, 0.1) is 0 Å². The molecule has 0 bridgehead atoms. The molecule has 0 aromatic heterocycles. The van der Waals surface area contributed by atoms with Gasteiger partial charge in [-0.1, -0.05) is 36.2 Å². The van der Waals surface area contributed by atoms with Gasteiger partial charge in [-0.15, -0.1) is 0 Å². The smallest absolute Gasteiger partial charge is 0.259 e. The molecule has 1 saturated heterocycles. The molecule has 24 heavy (non-hydrogen) atoms. The maximum Gasteiger partial charge on any atom is 0.259 e. The highest BCUT2D eigenvalue weighted by Gasteiger charge is 2.27. The zero-order valence-corrected chi connectivity index (χ0v) is 13.9. The first-order chi connectivity index (χ1) is 11.6. The maximum atomic E-state index is 13.9. The van der Waals surface area contributed by atoms with Gasteiger partial charge in [0, 0.05) is 24.0 Å². The predicted octanol–water partition coefficient (Wildman–Crippen LogP) is 5.03. The van der Waals surface area contributed by atoms with Gasteiger partial charge >= 0.3 is 0 Å². The van der Waals surface area contributed by atoms with Crippen molar-refractivity contribution in [3.05, 3.63) is 70.2 Å². The van der Waals surface area contributed by atoms with Crippen LogP contribution in [0.1, 0.15) is 41.1 Å². The molecule has 1 unspecified atom stereocenters. The predicted molar refractivity (Wildman–Crippen MR) is 90.3 cm³/mol. The average Bonchev–Trinajstić information content (AvgIpc) is 2.81. The molecule has 1 aliphatic rings. The number of nitrogens with zero attached hydrogens (tertiary/aromatic N) is 1. The highest BCUT2D eigenvalue weighted by atomic mass is 35.5. The Balaban J connectivity index is 1.84. The number of likely N-dealkylation sites (tertiary alicyclic amines) is 1. The second kappa shape index (κ2) is 7.31. The molecule has 2 aromatic carbocycles. The first kappa shape index (κ1) is 16.9. The molecule has 5 heteroatoms. The van der Waals surface area contributed by atoms with Crippen molar-refractivity contribution in [1.29, 1.82) is 0 Å². The summed E-state index contributed by atoms with van der Waals surface area (Å²) in [6.45, 7) is 0.963. The molecule has 0 spiro atoms. The van der Waals surface area contributed by atoms with Crippen molar-refractivity contribution in [1.82, 2.24) is 4.90 Å². The maximum absolute atomic E-state index is 13.9. The van der Waals surface area contributed by atoms with E-state index in [-0.39, 0.29) is 5.92 Å². The molecule has 1 aliphatic heterocycles. The molecule has 1 heterocycles. The van der Waals surface area contributed by atoms with Gasteiger partial charge in [-0.3, -0.25) is 4.79 Å². The summed E-state index contributed by atoms with van der Waals surface area (Å²) in [7, 11) is 0. The van der Waals surface area contributed by atoms with Crippen molar-refractivity contribution < 1.29 is 13.6 Å². The Morgan fingerprint density at radius 2 is 1.71 bits per heavy atom. The number of hydrogen-bond acceptors (Lipinski definition) is 1. The van der Waals surface area contributed by atoms with Crippen molar-refractivity contribution in [2.24, 2.45) is 0 Å². The molecule has 0 aliphatic carbocycles. The van der Waals surface area contributed by atoms with Crippen LogP contribution < -0.4 is 0 Å². The van der Waals surface area contributed by atoms with Gasteiger partial charge in [-0.25, -0.2) is 8.78 Å². The quantitative estimate of drug-likeness (QED) is 0.744. The number of carbonyl (C=O) groups excluding carboxylic acids is 1. The van der Waals surface area contributed by atoms with Crippen molar-refractivity contribution in [2.45, 2.75) is 25.2 Å². The lowest BCUT2D eigenvalue weighted by atomic mass is 9.94. The second-order valence-corrected chi connectivity index (χ2v) is 6.53. The number of benzene rings is 2. The molecule has 0 N–H and O–H groups in total. The van der Waals surface area contributed by atoms with Gasteiger partial charge in [-0.2, -0.15) is 0 Å². The van der Waals surface area contributed by atoms with E-state index in [2.05, 4.69) is 0 Å². The topological polar surface area (TPSA) is 20.3 Å². The van der Waals surface area contributed by atoms with Gasteiger partial charge in [0.1, 0.15) is 17.2 Å². The fourth-order valence-electron chi connectivity index (χ4n) is 3.19. The minimum Gasteiger partial charge on any atom is -0.338 e. The molecule has 1 atom stereocenters. The van der Waals surface area contributed by atoms with Crippen molar-refractivity contribution >= 4 is 17.5 Å². The summed E-state index contributed by atoms with van der Waals surface area (Å²) in [5.74, 6) is -2.06. The van der Waals surface area contributed by atoms with Crippen LogP contribution in [-0.2, 0) is 0 Å². The van der Waals surface area contributed by atoms with Crippen LogP contribution in [0.15, 0.2) is 42.5 Å². The molecule has 1 fully saturated rings. The lowest BCUT2D eigenvalue weighted by molar-refractivity contribution is 0.0744. The summed E-state index contributed by atoms with van der Waals surface area (Å²) in [5, 5.41) is 0.661. The first-order valence-electron chi connectivity index (χ1n) is 8.05. The van der Waals surface area contributed by atoms with E-state index in [1.54, 1.807) is 4.90 Å². The summed E-state index contributed by atoms with van der Waals surface area (Å²) >= 11 is 5.93. The van der Waals surface area contributed by atoms with Crippen LogP contribution in [0.25, 0.3) is 0 Å². The normalized spacial score (nSPS) is 18.3. The zero-order chi connectivity index (χ0) is 17.1. The van der Waals surface area contributed by atoms with Gasteiger partial charge in [0.15, 0.2) is 0 Å². The molecular weight excluding hydrogens is 332 g/mol. The molecule has 126 valence electrons. The van der Waals surface area contributed by atoms with Crippen molar-refractivity contribution in [3.63, 3.8) is 0 Å². The molecule has 0 saturated carbocycles. The summed E-state index contributed by atoms with van der Waals surface area (Å²) in [6, 6.07) is 11.0. The number of hydrogen-bond donors (Lipinski definition) is 0. The fraction of sp³-hybridized carbons (Fsp3) is 0.316. The summed E-state index contributed by atoms with van der Waals surface area (Å²) in [5.41, 5.74) is 0.627. The van der Waals surface area contributed by atoms with E-state index in [1.807, 2.05) is 24.3 Å². The lowest BCUT2D eigenvalue weighted by Gasteiger charge is -2.25. The third-order valence-corrected chi connectivity index (χ3v) is 4.73. The SMILES string of the molecule is O=C(c1c(F)cccc1F)N1CCCCC(c2ccc(Cl)cc2)C1. The van der Waals surface area contributed by atoms with Gasteiger partial charge in [0.2, 0.25) is 0 Å².